The number of piperazine rings is 1. The van der Waals surface area contributed by atoms with Crippen LogP contribution in [0.15, 0.2) is 35.7 Å². The molecule has 0 bridgehead atoms. The Balaban J connectivity index is 1.37. The molecule has 0 aromatic heterocycles. The van der Waals surface area contributed by atoms with Gasteiger partial charge in [0.25, 0.3) is 0 Å². The number of benzene rings is 1. The van der Waals surface area contributed by atoms with E-state index in [9.17, 15) is 13.2 Å². The van der Waals surface area contributed by atoms with Gasteiger partial charge in [-0.05, 0) is 12.1 Å². The topological polar surface area (TPSA) is 66.9 Å². The summed E-state index contributed by atoms with van der Waals surface area (Å²) in [4.78, 5) is 16.4. The van der Waals surface area contributed by atoms with E-state index in [1.165, 1.54) is 5.41 Å². The van der Waals surface area contributed by atoms with E-state index in [0.717, 1.165) is 19.6 Å². The molecule has 6 nitrogen and oxygen atoms in total. The lowest BCUT2D eigenvalue weighted by Crippen LogP contribution is -2.49. The van der Waals surface area contributed by atoms with Gasteiger partial charge in [0, 0.05) is 50.5 Å². The highest BCUT2D eigenvalue weighted by molar-refractivity contribution is 7.94. The largest absolute Gasteiger partial charge is 0.491 e. The maximum atomic E-state index is 12.3. The maximum Gasteiger partial charge on any atom is 0.223 e. The molecule has 0 N–H and O–H groups in total. The lowest BCUT2D eigenvalue weighted by Gasteiger charge is -2.35. The molecule has 0 unspecified atom stereocenters. The zero-order valence-electron chi connectivity index (χ0n) is 14.5. The van der Waals surface area contributed by atoms with E-state index < -0.39 is 9.84 Å². The van der Waals surface area contributed by atoms with Gasteiger partial charge >= 0.3 is 0 Å². The summed E-state index contributed by atoms with van der Waals surface area (Å²) in [7, 11) is -3.10. The van der Waals surface area contributed by atoms with Crippen LogP contribution >= 0.6 is 11.6 Å². The predicted molar refractivity (Wildman–Crippen MR) is 101 cm³/mol. The van der Waals surface area contributed by atoms with Gasteiger partial charge in [-0.25, -0.2) is 8.42 Å². The number of ether oxygens (including phenoxy) is 1. The Morgan fingerprint density at radius 2 is 1.92 bits per heavy atom. The number of amides is 1. The minimum atomic E-state index is -3.10. The first-order valence-electron chi connectivity index (χ1n) is 8.71. The van der Waals surface area contributed by atoms with Gasteiger partial charge in [-0.1, -0.05) is 29.8 Å². The first kappa shape index (κ1) is 19.2. The molecule has 2 aliphatic rings. The smallest absolute Gasteiger partial charge is 0.223 e. The standard InChI is InChI=1S/C18H23ClN2O4S/c19-16-3-1-2-4-17(16)25-11-10-20-6-8-21(9-7-20)18(22)13-15-5-12-26(23,24)14-15/h1-5,12,15H,6-11,13-14H2/t15-/m1/s1. The predicted octanol–water partition coefficient (Wildman–Crippen LogP) is 1.81. The van der Waals surface area contributed by atoms with Gasteiger partial charge in [0.15, 0.2) is 9.84 Å². The SMILES string of the molecule is O=C(C[C@H]1C=CS(=O)(=O)C1)N1CCN(CCOc2ccccc2Cl)CC1. The molecule has 1 amide bonds. The number of nitrogens with zero attached hydrogens (tertiary/aromatic N) is 2. The van der Waals surface area contributed by atoms with Crippen molar-refractivity contribution in [2.45, 2.75) is 6.42 Å². The normalized spacial score (nSPS) is 22.5. The first-order chi connectivity index (χ1) is 12.4. The Morgan fingerprint density at radius 1 is 1.19 bits per heavy atom. The maximum absolute atomic E-state index is 12.3. The van der Waals surface area contributed by atoms with Crippen molar-refractivity contribution >= 4 is 27.3 Å². The molecule has 1 atom stereocenters. The minimum absolute atomic E-state index is 0.0312. The highest BCUT2D eigenvalue weighted by Crippen LogP contribution is 2.23. The third-order valence-electron chi connectivity index (χ3n) is 4.67. The van der Waals surface area contributed by atoms with Crippen molar-refractivity contribution in [1.29, 1.82) is 0 Å². The third kappa shape index (κ3) is 5.22. The monoisotopic (exact) mass is 398 g/mol. The summed E-state index contributed by atoms with van der Waals surface area (Å²) in [6, 6.07) is 7.39. The van der Waals surface area contributed by atoms with Gasteiger partial charge < -0.3 is 9.64 Å². The lowest BCUT2D eigenvalue weighted by atomic mass is 10.1. The molecule has 0 radical (unpaired) electrons. The molecule has 1 aromatic rings. The summed E-state index contributed by atoms with van der Waals surface area (Å²) in [5.74, 6) is 0.582. The molecule has 1 saturated heterocycles. The highest BCUT2D eigenvalue weighted by atomic mass is 35.5. The number of rotatable bonds is 6. The molecule has 3 rings (SSSR count). The van der Waals surface area contributed by atoms with Crippen molar-refractivity contribution in [3.05, 3.63) is 40.8 Å². The summed E-state index contributed by atoms with van der Waals surface area (Å²) < 4.78 is 28.6. The van der Waals surface area contributed by atoms with Crippen molar-refractivity contribution in [2.75, 3.05) is 45.1 Å². The second kappa shape index (κ2) is 8.41. The second-order valence-electron chi connectivity index (χ2n) is 6.62. The van der Waals surface area contributed by atoms with Gasteiger partial charge in [0.2, 0.25) is 5.91 Å². The lowest BCUT2D eigenvalue weighted by molar-refractivity contribution is -0.133. The van der Waals surface area contributed by atoms with Gasteiger partial charge in [-0.3, -0.25) is 9.69 Å². The summed E-state index contributed by atoms with van der Waals surface area (Å²) >= 11 is 6.06. The number of allylic oxidation sites excluding steroid dienone is 1. The molecule has 2 heterocycles. The Morgan fingerprint density at radius 3 is 2.58 bits per heavy atom. The molecule has 1 fully saturated rings. The molecule has 8 heteroatoms. The molecule has 0 saturated carbocycles. The van der Waals surface area contributed by atoms with E-state index in [0.29, 0.717) is 30.5 Å². The van der Waals surface area contributed by atoms with E-state index in [4.69, 9.17) is 16.3 Å². The molecule has 26 heavy (non-hydrogen) atoms. The van der Waals surface area contributed by atoms with Crippen LogP contribution in [0, 0.1) is 5.92 Å². The molecule has 0 aliphatic carbocycles. The zero-order valence-corrected chi connectivity index (χ0v) is 16.1. The van der Waals surface area contributed by atoms with Gasteiger partial charge in [-0.15, -0.1) is 0 Å². The molecule has 2 aliphatic heterocycles. The number of carbonyl (C=O) groups excluding carboxylic acids is 1. The Kier molecular flexibility index (Phi) is 6.21. The average Bonchev–Trinajstić information content (AvgIpc) is 2.95. The summed E-state index contributed by atoms with van der Waals surface area (Å²) in [5, 5.41) is 1.83. The number of hydrogen-bond acceptors (Lipinski definition) is 5. The van der Waals surface area contributed by atoms with Gasteiger partial charge in [-0.2, -0.15) is 0 Å². The third-order valence-corrected chi connectivity index (χ3v) is 6.44. The van der Waals surface area contributed by atoms with Crippen molar-refractivity contribution < 1.29 is 17.9 Å². The molecule has 0 spiro atoms. The van der Waals surface area contributed by atoms with E-state index in [2.05, 4.69) is 4.90 Å². The van der Waals surface area contributed by atoms with Crippen LogP contribution in [0.5, 0.6) is 5.75 Å². The van der Waals surface area contributed by atoms with Crippen LogP contribution in [0.3, 0.4) is 0 Å². The Labute approximate surface area is 159 Å². The zero-order chi connectivity index (χ0) is 18.6. The molecular formula is C18H23ClN2O4S. The number of sulfone groups is 1. The molecular weight excluding hydrogens is 376 g/mol. The number of halogens is 1. The van der Waals surface area contributed by atoms with Crippen LogP contribution in [0.1, 0.15) is 6.42 Å². The summed E-state index contributed by atoms with van der Waals surface area (Å²) in [6.07, 6.45) is 1.90. The van der Waals surface area contributed by atoms with Crippen LogP contribution in [0.25, 0.3) is 0 Å². The van der Waals surface area contributed by atoms with Gasteiger partial charge in [0.05, 0.1) is 10.8 Å². The highest BCUT2D eigenvalue weighted by Gasteiger charge is 2.27. The quantitative estimate of drug-likeness (QED) is 0.731. The first-order valence-corrected chi connectivity index (χ1v) is 10.8. The molecule has 1 aromatic carbocycles. The Hall–Kier alpha value is -1.57. The Bertz CT molecular complexity index is 773. The fourth-order valence-corrected chi connectivity index (χ4v) is 4.78. The van der Waals surface area contributed by atoms with Crippen molar-refractivity contribution in [3.8, 4) is 5.75 Å². The van der Waals surface area contributed by atoms with E-state index in [1.807, 2.05) is 23.1 Å². The fourth-order valence-electron chi connectivity index (χ4n) is 3.19. The summed E-state index contributed by atoms with van der Waals surface area (Å²) in [5.41, 5.74) is 0. The van der Waals surface area contributed by atoms with Gasteiger partial charge in [0.1, 0.15) is 12.4 Å². The second-order valence-corrected chi connectivity index (χ2v) is 8.96. The number of para-hydroxylation sites is 1. The van der Waals surface area contributed by atoms with Crippen molar-refractivity contribution in [1.82, 2.24) is 9.80 Å². The fraction of sp³-hybridized carbons (Fsp3) is 0.500. The van der Waals surface area contributed by atoms with E-state index >= 15 is 0 Å². The van der Waals surface area contributed by atoms with Crippen LogP contribution in [-0.2, 0) is 14.6 Å². The van der Waals surface area contributed by atoms with Crippen LogP contribution in [0.2, 0.25) is 5.02 Å². The number of carbonyl (C=O) groups is 1. The summed E-state index contributed by atoms with van der Waals surface area (Å²) in [6.45, 7) is 4.22. The van der Waals surface area contributed by atoms with Crippen LogP contribution in [-0.4, -0.2) is 69.2 Å². The van der Waals surface area contributed by atoms with Crippen molar-refractivity contribution in [3.63, 3.8) is 0 Å². The average molecular weight is 399 g/mol. The van der Waals surface area contributed by atoms with E-state index in [-0.39, 0.29) is 24.0 Å². The van der Waals surface area contributed by atoms with Crippen LogP contribution in [0.4, 0.5) is 0 Å². The molecule has 142 valence electrons. The van der Waals surface area contributed by atoms with Crippen LogP contribution < -0.4 is 4.74 Å². The minimum Gasteiger partial charge on any atom is -0.491 e. The van der Waals surface area contributed by atoms with Crippen molar-refractivity contribution in [2.24, 2.45) is 5.92 Å². The number of hydrogen-bond donors (Lipinski definition) is 0. The van der Waals surface area contributed by atoms with E-state index in [1.54, 1.807) is 12.1 Å².